The fourth-order valence-electron chi connectivity index (χ4n) is 2.36. The summed E-state index contributed by atoms with van der Waals surface area (Å²) in [6.07, 6.45) is 6.45. The van der Waals surface area contributed by atoms with Crippen molar-refractivity contribution in [3.8, 4) is 0 Å². The highest BCUT2D eigenvalue weighted by molar-refractivity contribution is 5.82. The first-order valence-electron chi connectivity index (χ1n) is 7.42. The molecule has 0 saturated heterocycles. The van der Waals surface area contributed by atoms with Crippen molar-refractivity contribution in [1.29, 1.82) is 0 Å². The van der Waals surface area contributed by atoms with Gasteiger partial charge in [-0.2, -0.15) is 0 Å². The van der Waals surface area contributed by atoms with Gasteiger partial charge in [-0.1, -0.05) is 37.8 Å². The van der Waals surface area contributed by atoms with E-state index in [4.69, 9.17) is 4.74 Å². The number of esters is 1. The van der Waals surface area contributed by atoms with E-state index in [1.165, 1.54) is 23.8 Å². The highest BCUT2D eigenvalue weighted by Crippen LogP contribution is 2.17. The minimum absolute atomic E-state index is 0.153. The molecule has 0 N–H and O–H groups in total. The minimum Gasteiger partial charge on any atom is -0.464 e. The molecule has 2 rings (SSSR count). The van der Waals surface area contributed by atoms with Crippen LogP contribution >= 0.6 is 0 Å². The maximum Gasteiger partial charge on any atom is 0.325 e. The monoisotopic (exact) mass is 273 g/mol. The zero-order valence-electron chi connectivity index (χ0n) is 12.4. The largest absolute Gasteiger partial charge is 0.464 e. The van der Waals surface area contributed by atoms with Crippen LogP contribution in [-0.4, -0.2) is 17.1 Å². The molecule has 0 aliphatic carbocycles. The third kappa shape index (κ3) is 3.86. The van der Waals surface area contributed by atoms with Crippen LogP contribution in [0.1, 0.15) is 38.2 Å². The lowest BCUT2D eigenvalue weighted by Gasteiger charge is -2.07. The maximum absolute atomic E-state index is 11.8. The van der Waals surface area contributed by atoms with Gasteiger partial charge in [0.1, 0.15) is 6.54 Å². The maximum atomic E-state index is 11.8. The third-order valence-corrected chi connectivity index (χ3v) is 3.49. The van der Waals surface area contributed by atoms with Crippen LogP contribution in [0.15, 0.2) is 30.5 Å². The molecule has 0 aliphatic heterocycles. The van der Waals surface area contributed by atoms with Crippen molar-refractivity contribution < 1.29 is 9.53 Å². The number of hydrogen-bond acceptors (Lipinski definition) is 2. The lowest BCUT2D eigenvalue weighted by molar-refractivity contribution is -0.144. The number of aryl methyl sites for hydroxylation is 1. The summed E-state index contributed by atoms with van der Waals surface area (Å²) in [6, 6.07) is 8.28. The van der Waals surface area contributed by atoms with Crippen molar-refractivity contribution in [1.82, 2.24) is 4.57 Å². The van der Waals surface area contributed by atoms with Gasteiger partial charge in [-0.05, 0) is 36.9 Å². The molecule has 0 bridgehead atoms. The van der Waals surface area contributed by atoms with E-state index in [2.05, 4.69) is 32.0 Å². The number of hydrogen-bond donors (Lipinski definition) is 0. The molecule has 3 nitrogen and oxygen atoms in total. The Balaban J connectivity index is 1.87. The molecular formula is C17H23NO2. The number of carbonyl (C=O) groups is 1. The number of aromatic nitrogens is 1. The number of nitrogens with zero attached hydrogens (tertiary/aromatic N) is 1. The molecule has 1 aromatic carbocycles. The molecule has 0 aliphatic rings. The molecule has 0 radical (unpaired) electrons. The average Bonchev–Trinajstić information content (AvgIpc) is 2.81. The Kier molecular flexibility index (Phi) is 5.22. The van der Waals surface area contributed by atoms with Crippen molar-refractivity contribution in [2.45, 2.75) is 46.1 Å². The predicted molar refractivity (Wildman–Crippen MR) is 81.8 cm³/mol. The standard InChI is InChI=1S/C17H23NO2/c1-3-4-5-6-11-20-17(19)13-18-10-9-15-12-14(2)7-8-16(15)18/h7-10,12H,3-6,11,13H2,1-2H3. The average molecular weight is 273 g/mol. The molecule has 20 heavy (non-hydrogen) atoms. The fourth-order valence-corrected chi connectivity index (χ4v) is 2.36. The Hall–Kier alpha value is -1.77. The van der Waals surface area contributed by atoms with Gasteiger partial charge >= 0.3 is 5.97 Å². The normalized spacial score (nSPS) is 10.9. The Morgan fingerprint density at radius 3 is 2.85 bits per heavy atom. The lowest BCUT2D eigenvalue weighted by atomic mass is 10.2. The molecule has 1 aromatic heterocycles. The molecule has 1 heterocycles. The van der Waals surface area contributed by atoms with Gasteiger partial charge in [0.2, 0.25) is 0 Å². The highest BCUT2D eigenvalue weighted by atomic mass is 16.5. The Morgan fingerprint density at radius 2 is 2.05 bits per heavy atom. The van der Waals surface area contributed by atoms with E-state index in [1.807, 2.05) is 16.8 Å². The molecule has 0 amide bonds. The zero-order valence-corrected chi connectivity index (χ0v) is 12.4. The second kappa shape index (κ2) is 7.13. The van der Waals surface area contributed by atoms with Crippen molar-refractivity contribution in [3.05, 3.63) is 36.0 Å². The summed E-state index contributed by atoms with van der Waals surface area (Å²) in [5, 5.41) is 1.17. The molecule has 0 spiro atoms. The molecule has 0 saturated carbocycles. The second-order valence-corrected chi connectivity index (χ2v) is 5.29. The van der Waals surface area contributed by atoms with Gasteiger partial charge in [0, 0.05) is 11.7 Å². The van der Waals surface area contributed by atoms with Crippen LogP contribution in [0.3, 0.4) is 0 Å². The molecule has 0 atom stereocenters. The van der Waals surface area contributed by atoms with E-state index in [9.17, 15) is 4.79 Å². The minimum atomic E-state index is -0.153. The van der Waals surface area contributed by atoms with Crippen LogP contribution in [-0.2, 0) is 16.1 Å². The summed E-state index contributed by atoms with van der Waals surface area (Å²) in [6.45, 7) is 5.07. The molecule has 3 heteroatoms. The molecule has 2 aromatic rings. The summed E-state index contributed by atoms with van der Waals surface area (Å²) >= 11 is 0. The first kappa shape index (κ1) is 14.6. The quantitative estimate of drug-likeness (QED) is 0.562. The third-order valence-electron chi connectivity index (χ3n) is 3.49. The number of fused-ring (bicyclic) bond motifs is 1. The molecule has 108 valence electrons. The predicted octanol–water partition coefficient (Wildman–Crippen LogP) is 4.07. The lowest BCUT2D eigenvalue weighted by Crippen LogP contribution is -2.13. The van der Waals surface area contributed by atoms with Crippen LogP contribution in [0.25, 0.3) is 10.9 Å². The van der Waals surface area contributed by atoms with Gasteiger partial charge in [0.25, 0.3) is 0 Å². The summed E-state index contributed by atoms with van der Waals surface area (Å²) in [5.74, 6) is -0.153. The van der Waals surface area contributed by atoms with Crippen LogP contribution in [0, 0.1) is 6.92 Å². The highest BCUT2D eigenvalue weighted by Gasteiger charge is 2.07. The SMILES string of the molecule is CCCCCCOC(=O)Cn1ccc2cc(C)ccc21. The van der Waals surface area contributed by atoms with E-state index in [-0.39, 0.29) is 5.97 Å². The van der Waals surface area contributed by atoms with Gasteiger partial charge in [-0.15, -0.1) is 0 Å². The van der Waals surface area contributed by atoms with Gasteiger partial charge in [0.15, 0.2) is 0 Å². The number of rotatable bonds is 7. The number of carbonyl (C=O) groups excluding carboxylic acids is 1. The number of ether oxygens (including phenoxy) is 1. The zero-order chi connectivity index (χ0) is 14.4. The van der Waals surface area contributed by atoms with Crippen molar-refractivity contribution >= 4 is 16.9 Å². The van der Waals surface area contributed by atoms with Crippen LogP contribution in [0.4, 0.5) is 0 Å². The molecular weight excluding hydrogens is 250 g/mol. The van der Waals surface area contributed by atoms with Gasteiger partial charge < -0.3 is 9.30 Å². The van der Waals surface area contributed by atoms with E-state index in [0.717, 1.165) is 18.4 Å². The fraction of sp³-hybridized carbons (Fsp3) is 0.471. The van der Waals surface area contributed by atoms with Crippen LogP contribution < -0.4 is 0 Å². The summed E-state index contributed by atoms with van der Waals surface area (Å²) in [5.41, 5.74) is 2.31. The van der Waals surface area contributed by atoms with Crippen molar-refractivity contribution in [2.24, 2.45) is 0 Å². The topological polar surface area (TPSA) is 31.2 Å². The van der Waals surface area contributed by atoms with Gasteiger partial charge in [0.05, 0.1) is 6.61 Å². The Morgan fingerprint density at radius 1 is 1.20 bits per heavy atom. The van der Waals surface area contributed by atoms with Crippen LogP contribution in [0.2, 0.25) is 0 Å². The summed E-state index contributed by atoms with van der Waals surface area (Å²) in [4.78, 5) is 11.8. The first-order chi connectivity index (χ1) is 9.70. The summed E-state index contributed by atoms with van der Waals surface area (Å²) in [7, 11) is 0. The van der Waals surface area contributed by atoms with E-state index in [1.54, 1.807) is 0 Å². The smallest absolute Gasteiger partial charge is 0.325 e. The molecule has 0 fully saturated rings. The van der Waals surface area contributed by atoms with E-state index >= 15 is 0 Å². The van der Waals surface area contributed by atoms with Gasteiger partial charge in [-0.25, -0.2) is 0 Å². The molecule has 0 unspecified atom stereocenters. The first-order valence-corrected chi connectivity index (χ1v) is 7.42. The van der Waals surface area contributed by atoms with Gasteiger partial charge in [-0.3, -0.25) is 4.79 Å². The van der Waals surface area contributed by atoms with Crippen LogP contribution in [0.5, 0.6) is 0 Å². The summed E-state index contributed by atoms with van der Waals surface area (Å²) < 4.78 is 7.22. The Labute approximate surface area is 120 Å². The second-order valence-electron chi connectivity index (χ2n) is 5.29. The van der Waals surface area contributed by atoms with E-state index < -0.39 is 0 Å². The van der Waals surface area contributed by atoms with Crippen molar-refractivity contribution in [2.75, 3.05) is 6.61 Å². The Bertz CT molecular complexity index is 571. The van der Waals surface area contributed by atoms with E-state index in [0.29, 0.717) is 13.2 Å². The number of unbranched alkanes of at least 4 members (excludes halogenated alkanes) is 3. The van der Waals surface area contributed by atoms with Crippen molar-refractivity contribution in [3.63, 3.8) is 0 Å². The number of benzene rings is 1.